The zero-order chi connectivity index (χ0) is 23.8. The molecule has 3 rings (SSSR count). The van der Waals surface area contributed by atoms with Crippen molar-refractivity contribution in [1.29, 1.82) is 0 Å². The lowest BCUT2D eigenvalue weighted by atomic mass is 9.97. The number of nitrogens with one attached hydrogen (secondary N) is 2. The number of ether oxygens (including phenoxy) is 1. The van der Waals surface area contributed by atoms with E-state index in [0.29, 0.717) is 18.5 Å². The average Bonchev–Trinajstić information content (AvgIpc) is 2.82. The lowest BCUT2D eigenvalue weighted by molar-refractivity contribution is -0.120. The van der Waals surface area contributed by atoms with E-state index in [1.165, 1.54) is 0 Å². The number of pyridine rings is 1. The van der Waals surface area contributed by atoms with Gasteiger partial charge in [-0.1, -0.05) is 44.2 Å². The van der Waals surface area contributed by atoms with Crippen LogP contribution in [0.1, 0.15) is 52.6 Å². The minimum Gasteiger partial charge on any atom is -0.497 e. The van der Waals surface area contributed by atoms with Gasteiger partial charge in [-0.05, 0) is 59.9 Å². The molecule has 33 heavy (non-hydrogen) atoms. The van der Waals surface area contributed by atoms with Crippen LogP contribution in [0.4, 0.5) is 0 Å². The Hall–Kier alpha value is -3.67. The number of aromatic nitrogens is 1. The van der Waals surface area contributed by atoms with E-state index in [4.69, 9.17) is 4.74 Å². The molecule has 1 aromatic heterocycles. The van der Waals surface area contributed by atoms with Gasteiger partial charge in [-0.25, -0.2) is 0 Å². The van der Waals surface area contributed by atoms with Gasteiger partial charge < -0.3 is 15.4 Å². The Labute approximate surface area is 195 Å². The SMILES string of the molecule is COc1ccc(CC(=O)NCc2ccc(C(=O)NC(c3ncccc3C)C(C)C)cc2)cc1. The summed E-state index contributed by atoms with van der Waals surface area (Å²) in [7, 11) is 1.61. The largest absolute Gasteiger partial charge is 0.497 e. The molecular weight excluding hydrogens is 414 g/mol. The fourth-order valence-electron chi connectivity index (χ4n) is 3.56. The fraction of sp³-hybridized carbons (Fsp3) is 0.296. The standard InChI is InChI=1S/C27H31N3O3/c1-18(2)25(26-19(3)6-5-15-28-26)30-27(32)22-11-7-21(8-12-22)17-29-24(31)16-20-9-13-23(33-4)14-10-20/h5-15,18,25H,16-17H2,1-4H3,(H,29,31)(H,30,32). The number of hydrogen-bond donors (Lipinski definition) is 2. The number of carbonyl (C=O) groups is 2. The fourth-order valence-corrected chi connectivity index (χ4v) is 3.56. The number of hydrogen-bond acceptors (Lipinski definition) is 4. The van der Waals surface area contributed by atoms with Crippen LogP contribution >= 0.6 is 0 Å². The van der Waals surface area contributed by atoms with Crippen molar-refractivity contribution in [3.05, 3.63) is 94.8 Å². The Morgan fingerprint density at radius 3 is 2.24 bits per heavy atom. The highest BCUT2D eigenvalue weighted by Crippen LogP contribution is 2.23. The number of carbonyl (C=O) groups excluding carboxylic acids is 2. The highest BCUT2D eigenvalue weighted by molar-refractivity contribution is 5.94. The van der Waals surface area contributed by atoms with Gasteiger partial charge in [-0.15, -0.1) is 0 Å². The molecule has 1 heterocycles. The summed E-state index contributed by atoms with van der Waals surface area (Å²) in [5, 5.41) is 6.04. The Morgan fingerprint density at radius 1 is 0.970 bits per heavy atom. The Kier molecular flexibility index (Phi) is 8.19. The van der Waals surface area contributed by atoms with Gasteiger partial charge >= 0.3 is 0 Å². The molecule has 1 atom stereocenters. The first-order valence-electron chi connectivity index (χ1n) is 11.1. The first-order valence-corrected chi connectivity index (χ1v) is 11.1. The number of benzene rings is 2. The maximum Gasteiger partial charge on any atom is 0.251 e. The number of amides is 2. The predicted octanol–water partition coefficient (Wildman–Crippen LogP) is 4.38. The zero-order valence-electron chi connectivity index (χ0n) is 19.6. The summed E-state index contributed by atoms with van der Waals surface area (Å²) in [6.07, 6.45) is 2.05. The Balaban J connectivity index is 1.55. The normalized spacial score (nSPS) is 11.7. The van der Waals surface area contributed by atoms with Crippen LogP contribution in [0.3, 0.4) is 0 Å². The first kappa shape index (κ1) is 24.0. The van der Waals surface area contributed by atoms with Crippen LogP contribution in [0, 0.1) is 12.8 Å². The summed E-state index contributed by atoms with van der Waals surface area (Å²) in [4.78, 5) is 29.6. The number of nitrogens with zero attached hydrogens (tertiary/aromatic N) is 1. The predicted molar refractivity (Wildman–Crippen MR) is 129 cm³/mol. The minimum absolute atomic E-state index is 0.0625. The van der Waals surface area contributed by atoms with Gasteiger partial charge in [-0.2, -0.15) is 0 Å². The van der Waals surface area contributed by atoms with Crippen LogP contribution in [-0.2, 0) is 17.8 Å². The molecule has 0 fully saturated rings. The van der Waals surface area contributed by atoms with Crippen molar-refractivity contribution in [3.8, 4) is 5.75 Å². The van der Waals surface area contributed by atoms with Crippen molar-refractivity contribution >= 4 is 11.8 Å². The molecule has 0 bridgehead atoms. The van der Waals surface area contributed by atoms with Crippen molar-refractivity contribution in [3.63, 3.8) is 0 Å². The highest BCUT2D eigenvalue weighted by Gasteiger charge is 2.21. The van der Waals surface area contributed by atoms with Crippen LogP contribution in [0.15, 0.2) is 66.9 Å². The van der Waals surface area contributed by atoms with Gasteiger partial charge in [0.05, 0.1) is 25.3 Å². The molecule has 0 aliphatic heterocycles. The van der Waals surface area contributed by atoms with E-state index >= 15 is 0 Å². The molecular formula is C27H31N3O3. The Morgan fingerprint density at radius 2 is 1.64 bits per heavy atom. The van der Waals surface area contributed by atoms with E-state index in [2.05, 4.69) is 29.5 Å². The van der Waals surface area contributed by atoms with Crippen LogP contribution in [-0.4, -0.2) is 23.9 Å². The second-order valence-corrected chi connectivity index (χ2v) is 8.40. The second kappa shape index (κ2) is 11.3. The van der Waals surface area contributed by atoms with E-state index in [0.717, 1.165) is 28.1 Å². The van der Waals surface area contributed by atoms with E-state index in [-0.39, 0.29) is 23.8 Å². The lowest BCUT2D eigenvalue weighted by Crippen LogP contribution is -2.32. The molecule has 2 aromatic carbocycles. The van der Waals surface area contributed by atoms with Crippen LogP contribution in [0.2, 0.25) is 0 Å². The van der Waals surface area contributed by atoms with Gasteiger partial charge in [0.15, 0.2) is 0 Å². The smallest absolute Gasteiger partial charge is 0.251 e. The molecule has 6 heteroatoms. The van der Waals surface area contributed by atoms with Crippen molar-refractivity contribution in [2.24, 2.45) is 5.92 Å². The summed E-state index contributed by atoms with van der Waals surface area (Å²) in [6, 6.07) is 18.4. The molecule has 6 nitrogen and oxygen atoms in total. The summed E-state index contributed by atoms with van der Waals surface area (Å²) in [6.45, 7) is 6.54. The monoisotopic (exact) mass is 445 g/mol. The molecule has 0 radical (unpaired) electrons. The number of rotatable bonds is 9. The van der Waals surface area contributed by atoms with Crippen molar-refractivity contribution in [2.45, 2.75) is 39.8 Å². The van der Waals surface area contributed by atoms with Gasteiger partial charge in [0.25, 0.3) is 5.91 Å². The summed E-state index contributed by atoms with van der Waals surface area (Å²) in [5.74, 6) is 0.752. The quantitative estimate of drug-likeness (QED) is 0.512. The topological polar surface area (TPSA) is 80.3 Å². The molecule has 0 aliphatic carbocycles. The maximum absolute atomic E-state index is 12.9. The molecule has 2 amide bonds. The van der Waals surface area contributed by atoms with E-state index in [1.54, 1.807) is 25.4 Å². The maximum atomic E-state index is 12.9. The average molecular weight is 446 g/mol. The molecule has 3 aromatic rings. The van der Waals surface area contributed by atoms with Crippen molar-refractivity contribution in [2.75, 3.05) is 7.11 Å². The molecule has 1 unspecified atom stereocenters. The van der Waals surface area contributed by atoms with Crippen LogP contribution in [0.5, 0.6) is 5.75 Å². The summed E-state index contributed by atoms with van der Waals surface area (Å²) >= 11 is 0. The van der Waals surface area contributed by atoms with E-state index < -0.39 is 0 Å². The minimum atomic E-state index is -0.171. The highest BCUT2D eigenvalue weighted by atomic mass is 16.5. The van der Waals surface area contributed by atoms with Gasteiger partial charge in [0.1, 0.15) is 5.75 Å². The van der Waals surface area contributed by atoms with Crippen molar-refractivity contribution in [1.82, 2.24) is 15.6 Å². The third kappa shape index (κ3) is 6.65. The summed E-state index contributed by atoms with van der Waals surface area (Å²) in [5.41, 5.74) is 4.36. The van der Waals surface area contributed by atoms with E-state index in [9.17, 15) is 9.59 Å². The molecule has 2 N–H and O–H groups in total. The Bertz CT molecular complexity index is 1080. The first-order chi connectivity index (χ1) is 15.9. The van der Waals surface area contributed by atoms with E-state index in [1.807, 2.05) is 55.5 Å². The van der Waals surface area contributed by atoms with Gasteiger partial charge in [0, 0.05) is 18.3 Å². The third-order valence-corrected chi connectivity index (χ3v) is 5.53. The van der Waals surface area contributed by atoms with Gasteiger partial charge in [-0.3, -0.25) is 14.6 Å². The number of aryl methyl sites for hydroxylation is 1. The molecule has 0 aliphatic rings. The lowest BCUT2D eigenvalue weighted by Gasteiger charge is -2.23. The third-order valence-electron chi connectivity index (χ3n) is 5.53. The van der Waals surface area contributed by atoms with Crippen LogP contribution in [0.25, 0.3) is 0 Å². The molecule has 0 saturated carbocycles. The van der Waals surface area contributed by atoms with Crippen LogP contribution < -0.4 is 15.4 Å². The summed E-state index contributed by atoms with van der Waals surface area (Å²) < 4.78 is 5.13. The molecule has 172 valence electrons. The van der Waals surface area contributed by atoms with Gasteiger partial charge in [0.2, 0.25) is 5.91 Å². The second-order valence-electron chi connectivity index (χ2n) is 8.40. The zero-order valence-corrected chi connectivity index (χ0v) is 19.6. The molecule has 0 spiro atoms. The number of methoxy groups -OCH3 is 1. The van der Waals surface area contributed by atoms with Crippen molar-refractivity contribution < 1.29 is 14.3 Å². The molecule has 0 saturated heterocycles.